The third-order valence-corrected chi connectivity index (χ3v) is 6.01. The molecule has 1 aliphatic carbocycles. The summed E-state index contributed by atoms with van der Waals surface area (Å²) in [6, 6.07) is 8.71. The summed E-state index contributed by atoms with van der Waals surface area (Å²) in [5.41, 5.74) is 2.66. The molecule has 122 valence electrons. The smallest absolute Gasteiger partial charge is 0.134 e. The van der Waals surface area contributed by atoms with Gasteiger partial charge in [0.15, 0.2) is 0 Å². The fourth-order valence-corrected chi connectivity index (χ4v) is 4.52. The van der Waals surface area contributed by atoms with E-state index in [1.807, 2.05) is 0 Å². The summed E-state index contributed by atoms with van der Waals surface area (Å²) >= 11 is 0. The average Bonchev–Trinajstić information content (AvgIpc) is 3.42. The van der Waals surface area contributed by atoms with E-state index in [0.717, 1.165) is 19.0 Å². The number of hydrogen-bond acceptors (Lipinski definition) is 4. The van der Waals surface area contributed by atoms with Crippen molar-refractivity contribution in [3.63, 3.8) is 0 Å². The van der Waals surface area contributed by atoms with Gasteiger partial charge < -0.3 is 15.1 Å². The summed E-state index contributed by atoms with van der Waals surface area (Å²) in [4.78, 5) is 10.2. The Morgan fingerprint density at radius 2 is 1.96 bits per heavy atom. The van der Waals surface area contributed by atoms with Gasteiger partial charge in [0.1, 0.15) is 11.5 Å². The third-order valence-electron chi connectivity index (χ3n) is 6.01. The number of benzene rings is 1. The lowest BCUT2D eigenvalue weighted by Gasteiger charge is -2.54. The minimum atomic E-state index is 0.0909. The molecule has 2 fully saturated rings. The second-order valence-corrected chi connectivity index (χ2v) is 7.66. The Balaban J connectivity index is 1.44. The highest BCUT2D eigenvalue weighted by Crippen LogP contribution is 2.40. The first kappa shape index (κ1) is 13.8. The molecule has 0 unspecified atom stereocenters. The van der Waals surface area contributed by atoms with Crippen LogP contribution >= 0.6 is 0 Å². The fourth-order valence-electron chi connectivity index (χ4n) is 4.52. The van der Waals surface area contributed by atoms with Gasteiger partial charge in [0.25, 0.3) is 0 Å². The lowest BCUT2D eigenvalue weighted by Crippen LogP contribution is -2.65. The van der Waals surface area contributed by atoms with Crippen LogP contribution in [0.1, 0.15) is 37.7 Å². The molecule has 4 aliphatic rings. The topological polar surface area (TPSA) is 30.9 Å². The van der Waals surface area contributed by atoms with Crippen molar-refractivity contribution in [3.05, 3.63) is 29.8 Å². The normalized spacial score (nSPS) is 26.3. The third kappa shape index (κ3) is 2.35. The molecule has 0 bridgehead atoms. The zero-order valence-corrected chi connectivity index (χ0v) is 13.8. The van der Waals surface area contributed by atoms with Gasteiger partial charge in [-0.2, -0.15) is 0 Å². The molecule has 4 nitrogen and oxygen atoms in total. The molecule has 3 aliphatic heterocycles. The molecule has 1 aromatic carbocycles. The standard InChI is InChI=1S/C19H26N4/c1-2-5-17-16(4-1)18-20-10-3-11-23(18)19(21-17)8-12-22(13-9-19)14-15-6-7-15/h1-2,4-5,15,21H,3,6-14H2. The highest BCUT2D eigenvalue weighted by molar-refractivity contribution is 6.06. The minimum Gasteiger partial charge on any atom is -0.362 e. The second-order valence-electron chi connectivity index (χ2n) is 7.66. The Kier molecular flexibility index (Phi) is 3.15. The van der Waals surface area contributed by atoms with E-state index >= 15 is 0 Å². The molecule has 5 rings (SSSR count). The summed E-state index contributed by atoms with van der Waals surface area (Å²) in [6.07, 6.45) is 6.49. The van der Waals surface area contributed by atoms with E-state index in [2.05, 4.69) is 39.4 Å². The average molecular weight is 310 g/mol. The first-order valence-electron chi connectivity index (χ1n) is 9.26. The van der Waals surface area contributed by atoms with Gasteiger partial charge in [0.05, 0.1) is 0 Å². The van der Waals surface area contributed by atoms with Crippen LogP contribution in [0, 0.1) is 5.92 Å². The van der Waals surface area contributed by atoms with Crippen molar-refractivity contribution in [2.75, 3.05) is 38.0 Å². The van der Waals surface area contributed by atoms with Gasteiger partial charge >= 0.3 is 0 Å². The summed E-state index contributed by atoms with van der Waals surface area (Å²) in [5.74, 6) is 2.23. The van der Waals surface area contributed by atoms with Crippen LogP contribution in [0.4, 0.5) is 5.69 Å². The molecule has 0 radical (unpaired) electrons. The molecule has 1 spiro atoms. The number of likely N-dealkylation sites (tertiary alicyclic amines) is 1. The van der Waals surface area contributed by atoms with E-state index < -0.39 is 0 Å². The van der Waals surface area contributed by atoms with E-state index in [-0.39, 0.29) is 5.66 Å². The van der Waals surface area contributed by atoms with Crippen LogP contribution in [0.5, 0.6) is 0 Å². The van der Waals surface area contributed by atoms with Gasteiger partial charge in [0.2, 0.25) is 0 Å². The lowest BCUT2D eigenvalue weighted by molar-refractivity contribution is 0.0813. The zero-order valence-electron chi connectivity index (χ0n) is 13.8. The van der Waals surface area contributed by atoms with Gasteiger partial charge in [-0.1, -0.05) is 12.1 Å². The number of rotatable bonds is 2. The number of para-hydroxylation sites is 1. The molecule has 1 aromatic rings. The first-order chi connectivity index (χ1) is 11.3. The number of piperidine rings is 1. The SMILES string of the molecule is c1ccc2c(c1)NC1(CCN(CC3CC3)CC1)N1CCCN=C21. The van der Waals surface area contributed by atoms with E-state index in [4.69, 9.17) is 4.99 Å². The molecule has 4 heteroatoms. The van der Waals surface area contributed by atoms with E-state index in [9.17, 15) is 0 Å². The summed E-state index contributed by atoms with van der Waals surface area (Å²) in [6.45, 7) is 5.88. The monoisotopic (exact) mass is 310 g/mol. The van der Waals surface area contributed by atoms with Gasteiger partial charge in [0, 0.05) is 56.8 Å². The Hall–Kier alpha value is -1.55. The maximum Gasteiger partial charge on any atom is 0.134 e. The van der Waals surface area contributed by atoms with Gasteiger partial charge in [-0.25, -0.2) is 0 Å². The zero-order chi connectivity index (χ0) is 15.3. The van der Waals surface area contributed by atoms with Crippen molar-refractivity contribution >= 4 is 11.5 Å². The second kappa shape index (κ2) is 5.23. The van der Waals surface area contributed by atoms with Crippen molar-refractivity contribution in [1.29, 1.82) is 0 Å². The Bertz CT molecular complexity index is 626. The quantitative estimate of drug-likeness (QED) is 0.911. The highest BCUT2D eigenvalue weighted by Gasteiger charge is 2.46. The maximum absolute atomic E-state index is 4.91. The van der Waals surface area contributed by atoms with Crippen LogP contribution in [0.2, 0.25) is 0 Å². The van der Waals surface area contributed by atoms with Gasteiger partial charge in [-0.05, 0) is 37.3 Å². The summed E-state index contributed by atoms with van der Waals surface area (Å²) in [5, 5.41) is 3.92. The Morgan fingerprint density at radius 1 is 1.13 bits per heavy atom. The van der Waals surface area contributed by atoms with Crippen LogP contribution in [-0.2, 0) is 0 Å². The van der Waals surface area contributed by atoms with Crippen molar-refractivity contribution < 1.29 is 0 Å². The number of nitrogens with zero attached hydrogens (tertiary/aromatic N) is 3. The summed E-state index contributed by atoms with van der Waals surface area (Å²) < 4.78 is 0. The molecular weight excluding hydrogens is 284 g/mol. The van der Waals surface area contributed by atoms with Gasteiger partial charge in [-0.3, -0.25) is 4.99 Å². The van der Waals surface area contributed by atoms with Gasteiger partial charge in [-0.15, -0.1) is 0 Å². The molecule has 0 amide bonds. The van der Waals surface area contributed by atoms with Crippen molar-refractivity contribution in [2.45, 2.75) is 37.8 Å². The molecular formula is C19H26N4. The summed E-state index contributed by atoms with van der Waals surface area (Å²) in [7, 11) is 0. The van der Waals surface area contributed by atoms with Crippen LogP contribution in [-0.4, -0.2) is 54.0 Å². The Labute approximate surface area is 138 Å². The maximum atomic E-state index is 4.91. The molecule has 0 aromatic heterocycles. The number of hydrogen-bond donors (Lipinski definition) is 1. The lowest BCUT2D eigenvalue weighted by atomic mass is 9.89. The number of aliphatic imine (C=N–C) groups is 1. The Morgan fingerprint density at radius 3 is 2.78 bits per heavy atom. The first-order valence-corrected chi connectivity index (χ1v) is 9.26. The molecule has 1 saturated heterocycles. The van der Waals surface area contributed by atoms with E-state index in [1.54, 1.807) is 0 Å². The number of fused-ring (bicyclic) bond motifs is 4. The van der Waals surface area contributed by atoms with Crippen LogP contribution in [0.25, 0.3) is 0 Å². The number of amidine groups is 1. The number of nitrogens with one attached hydrogen (secondary N) is 1. The van der Waals surface area contributed by atoms with Crippen molar-refractivity contribution in [3.8, 4) is 0 Å². The minimum absolute atomic E-state index is 0.0909. The van der Waals surface area contributed by atoms with E-state index in [0.29, 0.717) is 0 Å². The highest BCUT2D eigenvalue weighted by atomic mass is 15.4. The van der Waals surface area contributed by atoms with Crippen LogP contribution in [0.15, 0.2) is 29.3 Å². The number of anilines is 1. The van der Waals surface area contributed by atoms with Crippen LogP contribution in [0.3, 0.4) is 0 Å². The molecule has 1 N–H and O–H groups in total. The van der Waals surface area contributed by atoms with Crippen LogP contribution < -0.4 is 5.32 Å². The predicted octanol–water partition coefficient (Wildman–Crippen LogP) is 2.77. The van der Waals surface area contributed by atoms with E-state index in [1.165, 1.54) is 68.8 Å². The van der Waals surface area contributed by atoms with Crippen molar-refractivity contribution in [1.82, 2.24) is 9.80 Å². The molecule has 23 heavy (non-hydrogen) atoms. The predicted molar refractivity (Wildman–Crippen MR) is 93.9 cm³/mol. The fraction of sp³-hybridized carbons (Fsp3) is 0.632. The largest absolute Gasteiger partial charge is 0.362 e. The molecule has 3 heterocycles. The molecule has 0 atom stereocenters. The molecule has 1 saturated carbocycles. The van der Waals surface area contributed by atoms with Crippen molar-refractivity contribution in [2.24, 2.45) is 10.9 Å².